The smallest absolute Gasteiger partial charge is 0.328 e. The number of urea groups is 2. The highest BCUT2D eigenvalue weighted by Crippen LogP contribution is 2.39. The van der Waals surface area contributed by atoms with Crippen LogP contribution < -0.4 is 20.7 Å². The second-order valence-corrected chi connectivity index (χ2v) is 14.0. The predicted octanol–water partition coefficient (Wildman–Crippen LogP) is 7.45. The summed E-state index contributed by atoms with van der Waals surface area (Å²) in [6, 6.07) is 21.0. The molecule has 3 aromatic carbocycles. The normalized spacial score (nSPS) is 16.4. The lowest BCUT2D eigenvalue weighted by atomic mass is 10.0. The van der Waals surface area contributed by atoms with Gasteiger partial charge in [-0.3, -0.25) is 14.5 Å². The molecule has 274 valence electrons. The lowest BCUT2D eigenvalue weighted by molar-refractivity contribution is -0.148. The number of aryl methyl sites for hydroxylation is 1. The van der Waals surface area contributed by atoms with Crippen molar-refractivity contribution in [2.24, 2.45) is 5.92 Å². The highest BCUT2D eigenvalue weighted by atomic mass is 35.5. The van der Waals surface area contributed by atoms with Gasteiger partial charge in [-0.1, -0.05) is 67.4 Å². The second kappa shape index (κ2) is 17.1. The standard InChI is InChI=1S/C39H49N5O6.ClH/c1-25(2)50-35(45)22-33(29-13-8-7-9-14-29)40-23-30(20-27-16-17-27)44-36(46)39(4,5)43(38(44)48)24-28-18-19-32(34(21-28)49-6)42-37(47)41-31-15-11-10-12-26(31)3;/h7-15,18-19,21,25,27,30,33,40H,16-17,20,22-24H2,1-6H3,(H2,41,42,47);1H/t30-,33-;/m0./s1. The van der Waals surface area contributed by atoms with Gasteiger partial charge in [-0.2, -0.15) is 0 Å². The van der Waals surface area contributed by atoms with E-state index in [-0.39, 0.29) is 55.4 Å². The summed E-state index contributed by atoms with van der Waals surface area (Å²) in [5, 5.41) is 9.21. The van der Waals surface area contributed by atoms with E-state index in [2.05, 4.69) is 16.0 Å². The number of nitrogens with zero attached hydrogens (tertiary/aromatic N) is 2. The largest absolute Gasteiger partial charge is 0.495 e. The number of hydrogen-bond donors (Lipinski definition) is 3. The molecular weight excluding hydrogens is 670 g/mol. The van der Waals surface area contributed by atoms with Gasteiger partial charge in [0, 0.05) is 24.8 Å². The predicted molar refractivity (Wildman–Crippen MR) is 200 cm³/mol. The fourth-order valence-electron chi connectivity index (χ4n) is 6.33. The van der Waals surface area contributed by atoms with Gasteiger partial charge in [0.2, 0.25) is 0 Å². The Morgan fingerprint density at radius 3 is 2.25 bits per heavy atom. The SMILES string of the molecule is COc1cc(CN2C(=O)N([C@H](CN[C@@H](CC(=O)OC(C)C)c3ccccc3)CC3CC3)C(=O)C2(C)C)ccc1NC(=O)Nc1ccccc1C.Cl. The molecule has 1 saturated heterocycles. The van der Waals surface area contributed by atoms with Crippen LogP contribution in [0.5, 0.6) is 5.75 Å². The first-order chi connectivity index (χ1) is 23.9. The Hall–Kier alpha value is -4.61. The first-order valence-corrected chi connectivity index (χ1v) is 17.3. The molecule has 2 atom stereocenters. The van der Waals surface area contributed by atoms with Gasteiger partial charge < -0.3 is 30.3 Å². The maximum Gasteiger partial charge on any atom is 0.328 e. The van der Waals surface area contributed by atoms with Crippen molar-refractivity contribution in [1.82, 2.24) is 15.1 Å². The summed E-state index contributed by atoms with van der Waals surface area (Å²) in [5.74, 6) is 0.287. The summed E-state index contributed by atoms with van der Waals surface area (Å²) in [6.07, 6.45) is 2.70. The highest BCUT2D eigenvalue weighted by molar-refractivity contribution is 6.07. The number of ether oxygens (including phenoxy) is 2. The molecule has 5 amide bonds. The van der Waals surface area contributed by atoms with Crippen molar-refractivity contribution in [1.29, 1.82) is 0 Å². The van der Waals surface area contributed by atoms with Crippen LogP contribution in [0.15, 0.2) is 72.8 Å². The zero-order chi connectivity index (χ0) is 36.0. The average molecular weight is 720 g/mol. The Balaban J connectivity index is 0.00000583. The van der Waals surface area contributed by atoms with Crippen molar-refractivity contribution in [3.05, 3.63) is 89.5 Å². The molecule has 0 radical (unpaired) electrons. The second-order valence-electron chi connectivity index (χ2n) is 14.0. The van der Waals surface area contributed by atoms with E-state index in [1.54, 1.807) is 30.9 Å². The monoisotopic (exact) mass is 719 g/mol. The van der Waals surface area contributed by atoms with Crippen molar-refractivity contribution in [2.45, 2.75) is 90.6 Å². The zero-order valence-electron chi connectivity index (χ0n) is 30.2. The molecule has 51 heavy (non-hydrogen) atoms. The molecule has 1 saturated carbocycles. The van der Waals surface area contributed by atoms with Crippen LogP contribution in [0, 0.1) is 12.8 Å². The number of benzene rings is 3. The van der Waals surface area contributed by atoms with Gasteiger partial charge in [-0.15, -0.1) is 12.4 Å². The Morgan fingerprint density at radius 1 is 0.941 bits per heavy atom. The molecule has 11 nitrogen and oxygen atoms in total. The Kier molecular flexibility index (Phi) is 13.1. The average Bonchev–Trinajstić information content (AvgIpc) is 3.88. The van der Waals surface area contributed by atoms with E-state index in [1.807, 2.05) is 81.4 Å². The van der Waals surface area contributed by atoms with E-state index >= 15 is 0 Å². The minimum Gasteiger partial charge on any atom is -0.495 e. The summed E-state index contributed by atoms with van der Waals surface area (Å²) in [6.45, 7) is 9.60. The summed E-state index contributed by atoms with van der Waals surface area (Å²) < 4.78 is 11.1. The molecule has 2 aliphatic rings. The third-order valence-corrected chi connectivity index (χ3v) is 9.31. The molecule has 3 aromatic rings. The maximum atomic E-state index is 14.2. The Bertz CT molecular complexity index is 1700. The third-order valence-electron chi connectivity index (χ3n) is 9.31. The van der Waals surface area contributed by atoms with E-state index in [1.165, 1.54) is 12.0 Å². The van der Waals surface area contributed by atoms with Crippen molar-refractivity contribution < 1.29 is 28.7 Å². The van der Waals surface area contributed by atoms with Crippen molar-refractivity contribution >= 4 is 47.7 Å². The van der Waals surface area contributed by atoms with Crippen LogP contribution in [0.25, 0.3) is 0 Å². The number of imide groups is 1. The van der Waals surface area contributed by atoms with E-state index in [0.717, 1.165) is 29.5 Å². The molecular formula is C39H50ClN5O6. The number of carbonyl (C=O) groups is 4. The van der Waals surface area contributed by atoms with E-state index < -0.39 is 17.6 Å². The number of para-hydroxylation sites is 1. The summed E-state index contributed by atoms with van der Waals surface area (Å²) in [7, 11) is 1.51. The molecule has 0 unspecified atom stereocenters. The molecule has 12 heteroatoms. The molecule has 3 N–H and O–H groups in total. The van der Waals surface area contributed by atoms with Crippen LogP contribution in [0.1, 0.15) is 76.1 Å². The number of hydrogen-bond acceptors (Lipinski definition) is 7. The zero-order valence-corrected chi connectivity index (χ0v) is 31.0. The van der Waals surface area contributed by atoms with Crippen LogP contribution in [0.2, 0.25) is 0 Å². The number of carbonyl (C=O) groups excluding carboxylic acids is 4. The molecule has 1 aliphatic heterocycles. The number of halogens is 1. The molecule has 0 spiro atoms. The van der Waals surface area contributed by atoms with Crippen LogP contribution in [-0.2, 0) is 20.9 Å². The van der Waals surface area contributed by atoms with Crippen LogP contribution in [0.3, 0.4) is 0 Å². The van der Waals surface area contributed by atoms with Crippen molar-refractivity contribution in [2.75, 3.05) is 24.3 Å². The first-order valence-electron chi connectivity index (χ1n) is 17.3. The molecule has 0 bridgehead atoms. The lowest BCUT2D eigenvalue weighted by Gasteiger charge is -2.29. The number of methoxy groups -OCH3 is 1. The van der Waals surface area contributed by atoms with E-state index in [9.17, 15) is 19.2 Å². The number of amides is 5. The number of nitrogens with one attached hydrogen (secondary N) is 3. The molecule has 1 heterocycles. The molecule has 1 aliphatic carbocycles. The fraction of sp³-hybridized carbons (Fsp3) is 0.436. The number of anilines is 2. The fourth-order valence-corrected chi connectivity index (χ4v) is 6.33. The van der Waals surface area contributed by atoms with Crippen LogP contribution in [0.4, 0.5) is 21.0 Å². The topological polar surface area (TPSA) is 129 Å². The van der Waals surface area contributed by atoms with Gasteiger partial charge in [0.25, 0.3) is 5.91 Å². The van der Waals surface area contributed by atoms with Crippen LogP contribution >= 0.6 is 12.4 Å². The Morgan fingerprint density at radius 2 is 1.61 bits per heavy atom. The van der Waals surface area contributed by atoms with Gasteiger partial charge in [0.1, 0.15) is 11.3 Å². The van der Waals surface area contributed by atoms with Gasteiger partial charge in [-0.25, -0.2) is 9.59 Å². The quantitative estimate of drug-likeness (QED) is 0.110. The van der Waals surface area contributed by atoms with Gasteiger partial charge in [0.15, 0.2) is 0 Å². The van der Waals surface area contributed by atoms with Crippen molar-refractivity contribution in [3.63, 3.8) is 0 Å². The summed E-state index contributed by atoms with van der Waals surface area (Å²) >= 11 is 0. The molecule has 2 fully saturated rings. The third kappa shape index (κ3) is 9.80. The van der Waals surface area contributed by atoms with E-state index in [4.69, 9.17) is 9.47 Å². The van der Waals surface area contributed by atoms with Gasteiger partial charge in [-0.05, 0) is 81.8 Å². The maximum absolute atomic E-state index is 14.2. The number of esters is 1. The van der Waals surface area contributed by atoms with Gasteiger partial charge in [0.05, 0.1) is 31.4 Å². The van der Waals surface area contributed by atoms with Crippen molar-refractivity contribution in [3.8, 4) is 5.75 Å². The minimum atomic E-state index is -1.10. The Labute approximate surface area is 306 Å². The minimum absolute atomic E-state index is 0. The van der Waals surface area contributed by atoms with Crippen LogP contribution in [-0.4, -0.2) is 65.1 Å². The van der Waals surface area contributed by atoms with E-state index in [0.29, 0.717) is 36.0 Å². The lowest BCUT2D eigenvalue weighted by Crippen LogP contribution is -2.48. The summed E-state index contributed by atoms with van der Waals surface area (Å²) in [5.41, 5.74) is 2.67. The molecule has 5 rings (SSSR count). The summed E-state index contributed by atoms with van der Waals surface area (Å²) in [4.78, 5) is 56.8. The first kappa shape index (κ1) is 39.2. The van der Waals surface area contributed by atoms with Gasteiger partial charge >= 0.3 is 18.0 Å². The highest BCUT2D eigenvalue weighted by Gasteiger charge is 2.53. The molecule has 0 aromatic heterocycles. The number of rotatable bonds is 15.